The van der Waals surface area contributed by atoms with E-state index in [0.29, 0.717) is 6.54 Å². The summed E-state index contributed by atoms with van der Waals surface area (Å²) in [6.07, 6.45) is 4.00. The van der Waals surface area contributed by atoms with Crippen LogP contribution in [0.5, 0.6) is 5.75 Å². The quantitative estimate of drug-likeness (QED) is 0.635. The summed E-state index contributed by atoms with van der Waals surface area (Å²) in [5.74, 6) is 6.95. The van der Waals surface area contributed by atoms with Crippen molar-refractivity contribution in [1.29, 1.82) is 0 Å². The van der Waals surface area contributed by atoms with Crippen molar-refractivity contribution in [2.45, 2.75) is 38.1 Å². The van der Waals surface area contributed by atoms with Gasteiger partial charge in [0.25, 0.3) is 0 Å². The zero-order valence-electron chi connectivity index (χ0n) is 12.5. The van der Waals surface area contributed by atoms with E-state index in [2.05, 4.69) is 29.3 Å². The van der Waals surface area contributed by atoms with Crippen LogP contribution in [0.2, 0.25) is 0 Å². The summed E-state index contributed by atoms with van der Waals surface area (Å²) in [6, 6.07) is 6.36. The van der Waals surface area contributed by atoms with E-state index >= 15 is 0 Å². The Labute approximate surface area is 121 Å². The fourth-order valence-electron chi connectivity index (χ4n) is 2.88. The molecule has 1 aromatic rings. The van der Waals surface area contributed by atoms with Crippen LogP contribution < -0.4 is 15.8 Å². The molecule has 0 radical (unpaired) electrons. The van der Waals surface area contributed by atoms with Crippen LogP contribution in [0.15, 0.2) is 18.2 Å². The Bertz CT molecular complexity index is 515. The minimum absolute atomic E-state index is 0.00872. The van der Waals surface area contributed by atoms with Gasteiger partial charge < -0.3 is 15.8 Å². The highest BCUT2D eigenvalue weighted by Gasteiger charge is 2.32. The number of hydrogen-bond acceptors (Lipinski definition) is 3. The van der Waals surface area contributed by atoms with E-state index in [0.717, 1.165) is 38.0 Å². The smallest absolute Gasteiger partial charge is 0.119 e. The number of benzene rings is 1. The molecule has 108 valence electrons. The summed E-state index contributed by atoms with van der Waals surface area (Å²) in [4.78, 5) is 0. The molecule has 0 aromatic heterocycles. The van der Waals surface area contributed by atoms with Crippen LogP contribution in [0.25, 0.3) is 0 Å². The molecule has 20 heavy (non-hydrogen) atoms. The lowest BCUT2D eigenvalue weighted by atomic mass is 9.77. The van der Waals surface area contributed by atoms with E-state index in [4.69, 9.17) is 10.5 Å². The van der Waals surface area contributed by atoms with E-state index in [-0.39, 0.29) is 5.54 Å². The minimum Gasteiger partial charge on any atom is -0.497 e. The number of ether oxygens (including phenoxy) is 1. The van der Waals surface area contributed by atoms with E-state index in [9.17, 15) is 0 Å². The summed E-state index contributed by atoms with van der Waals surface area (Å²) in [6.45, 7) is 3.43. The summed E-state index contributed by atoms with van der Waals surface area (Å²) >= 11 is 0. The fraction of sp³-hybridized carbons (Fsp3) is 0.529. The number of rotatable bonds is 5. The number of nitrogens with two attached hydrogens (primary N) is 1. The molecular weight excluding hydrogens is 248 g/mol. The lowest BCUT2D eigenvalue weighted by Gasteiger charge is -2.38. The topological polar surface area (TPSA) is 47.3 Å². The van der Waals surface area contributed by atoms with Gasteiger partial charge in [-0.25, -0.2) is 0 Å². The molecule has 0 amide bonds. The highest BCUT2D eigenvalue weighted by molar-refractivity contribution is 5.39. The van der Waals surface area contributed by atoms with Crippen molar-refractivity contribution in [3.8, 4) is 17.6 Å². The molecule has 0 heterocycles. The SMILES string of the molecule is CC#CCCNC1(CN)CCc2ccc(OC)cc2C1. The van der Waals surface area contributed by atoms with Gasteiger partial charge in [-0.3, -0.25) is 0 Å². The number of methoxy groups -OCH3 is 1. The van der Waals surface area contributed by atoms with Gasteiger partial charge in [0.2, 0.25) is 0 Å². The maximum atomic E-state index is 6.05. The first-order valence-electron chi connectivity index (χ1n) is 7.23. The number of hydrogen-bond donors (Lipinski definition) is 2. The molecule has 1 aliphatic carbocycles. The first-order valence-corrected chi connectivity index (χ1v) is 7.23. The van der Waals surface area contributed by atoms with Crippen LogP contribution in [0.4, 0.5) is 0 Å². The Hall–Kier alpha value is -1.50. The zero-order valence-corrected chi connectivity index (χ0v) is 12.5. The Morgan fingerprint density at radius 2 is 2.25 bits per heavy atom. The summed E-state index contributed by atoms with van der Waals surface area (Å²) < 4.78 is 5.33. The van der Waals surface area contributed by atoms with Crippen LogP contribution in [0, 0.1) is 11.8 Å². The molecular formula is C17H24N2O. The van der Waals surface area contributed by atoms with Gasteiger partial charge in [0.05, 0.1) is 7.11 Å². The Kier molecular flexibility index (Phi) is 5.05. The Morgan fingerprint density at radius 3 is 2.95 bits per heavy atom. The Morgan fingerprint density at radius 1 is 1.40 bits per heavy atom. The molecule has 2 rings (SSSR count). The van der Waals surface area contributed by atoms with Gasteiger partial charge in [0.15, 0.2) is 0 Å². The van der Waals surface area contributed by atoms with Gasteiger partial charge >= 0.3 is 0 Å². The van der Waals surface area contributed by atoms with Gasteiger partial charge in [0, 0.05) is 25.0 Å². The van der Waals surface area contributed by atoms with E-state index < -0.39 is 0 Å². The summed E-state index contributed by atoms with van der Waals surface area (Å²) in [7, 11) is 1.71. The molecule has 3 N–H and O–H groups in total. The summed E-state index contributed by atoms with van der Waals surface area (Å²) in [5.41, 5.74) is 8.84. The first kappa shape index (κ1) is 14.9. The largest absolute Gasteiger partial charge is 0.497 e. The van der Waals surface area contributed by atoms with Crippen molar-refractivity contribution in [2.75, 3.05) is 20.2 Å². The Balaban J connectivity index is 2.10. The van der Waals surface area contributed by atoms with Crippen molar-refractivity contribution in [1.82, 2.24) is 5.32 Å². The molecule has 0 saturated carbocycles. The third kappa shape index (κ3) is 3.33. The second-order valence-corrected chi connectivity index (χ2v) is 5.40. The number of nitrogens with one attached hydrogen (secondary N) is 1. The second kappa shape index (κ2) is 6.78. The third-order valence-electron chi connectivity index (χ3n) is 4.13. The molecule has 1 unspecified atom stereocenters. The monoisotopic (exact) mass is 272 g/mol. The molecule has 0 saturated heterocycles. The molecule has 0 spiro atoms. The average Bonchev–Trinajstić information content (AvgIpc) is 2.50. The molecule has 1 atom stereocenters. The minimum atomic E-state index is 0.00872. The molecule has 0 bridgehead atoms. The van der Waals surface area contributed by atoms with E-state index in [1.807, 2.05) is 13.0 Å². The van der Waals surface area contributed by atoms with Gasteiger partial charge in [-0.2, -0.15) is 0 Å². The van der Waals surface area contributed by atoms with Gasteiger partial charge in [0.1, 0.15) is 5.75 Å². The fourth-order valence-corrected chi connectivity index (χ4v) is 2.88. The molecule has 1 aliphatic rings. The third-order valence-corrected chi connectivity index (χ3v) is 4.13. The molecule has 3 nitrogen and oxygen atoms in total. The maximum absolute atomic E-state index is 6.05. The van der Waals surface area contributed by atoms with Crippen molar-refractivity contribution in [3.63, 3.8) is 0 Å². The predicted octanol–water partition coefficient (Wildman–Crippen LogP) is 1.88. The number of fused-ring (bicyclic) bond motifs is 1. The van der Waals surface area contributed by atoms with Crippen molar-refractivity contribution < 1.29 is 4.74 Å². The average molecular weight is 272 g/mol. The highest BCUT2D eigenvalue weighted by Crippen LogP contribution is 2.30. The van der Waals surface area contributed by atoms with Gasteiger partial charge in [-0.05, 0) is 49.4 Å². The molecule has 1 aromatic carbocycles. The van der Waals surface area contributed by atoms with Crippen molar-refractivity contribution in [2.24, 2.45) is 5.73 Å². The molecule has 0 aliphatic heterocycles. The predicted molar refractivity (Wildman–Crippen MR) is 82.9 cm³/mol. The van der Waals surface area contributed by atoms with Crippen LogP contribution in [-0.4, -0.2) is 25.7 Å². The van der Waals surface area contributed by atoms with Crippen LogP contribution in [0.1, 0.15) is 30.9 Å². The zero-order chi connectivity index (χ0) is 14.4. The van der Waals surface area contributed by atoms with E-state index in [1.54, 1.807) is 7.11 Å². The van der Waals surface area contributed by atoms with Gasteiger partial charge in [-0.1, -0.05) is 6.07 Å². The maximum Gasteiger partial charge on any atom is 0.119 e. The van der Waals surface area contributed by atoms with Crippen molar-refractivity contribution in [3.05, 3.63) is 29.3 Å². The second-order valence-electron chi connectivity index (χ2n) is 5.40. The van der Waals surface area contributed by atoms with Crippen LogP contribution in [-0.2, 0) is 12.8 Å². The molecule has 0 fully saturated rings. The standard InChI is InChI=1S/C17H24N2O/c1-3-4-5-10-19-17(13-18)9-8-14-6-7-16(20-2)11-15(14)12-17/h6-7,11,19H,5,8-10,12-13,18H2,1-2H3. The molecule has 3 heteroatoms. The lowest BCUT2D eigenvalue weighted by molar-refractivity contribution is 0.296. The van der Waals surface area contributed by atoms with Crippen LogP contribution in [0.3, 0.4) is 0 Å². The number of aryl methyl sites for hydroxylation is 1. The van der Waals surface area contributed by atoms with Crippen LogP contribution >= 0.6 is 0 Å². The summed E-state index contributed by atoms with van der Waals surface area (Å²) in [5, 5.41) is 3.63. The first-order chi connectivity index (χ1) is 9.73. The van der Waals surface area contributed by atoms with Gasteiger partial charge in [-0.15, -0.1) is 11.8 Å². The van der Waals surface area contributed by atoms with E-state index in [1.165, 1.54) is 11.1 Å². The van der Waals surface area contributed by atoms with Crippen molar-refractivity contribution >= 4 is 0 Å². The highest BCUT2D eigenvalue weighted by atomic mass is 16.5. The normalized spacial score (nSPS) is 20.8. The lowest BCUT2D eigenvalue weighted by Crippen LogP contribution is -2.55.